The second-order valence-corrected chi connectivity index (χ2v) is 10.6. The number of nitrogens with zero attached hydrogens (tertiary/aromatic N) is 1. The first-order chi connectivity index (χ1) is 17.8. The maximum absolute atomic E-state index is 13.7. The number of hydrogen-bond donors (Lipinski definition) is 1. The van der Waals surface area contributed by atoms with Crippen LogP contribution >= 0.6 is 27.5 Å². The molecule has 0 saturated carbocycles. The van der Waals surface area contributed by atoms with Crippen molar-refractivity contribution in [3.63, 3.8) is 0 Å². The fourth-order valence-corrected chi connectivity index (χ4v) is 4.69. The van der Waals surface area contributed by atoms with Crippen LogP contribution in [0, 0.1) is 0 Å². The zero-order chi connectivity index (χ0) is 26.8. The van der Waals surface area contributed by atoms with Crippen molar-refractivity contribution in [1.29, 1.82) is 0 Å². The normalized spacial score (nSPS) is 11.7. The minimum Gasteiger partial charge on any atom is -0.483 e. The number of hydrogen-bond acceptors (Lipinski definition) is 3. The lowest BCUT2D eigenvalue weighted by Crippen LogP contribution is -2.51. The van der Waals surface area contributed by atoms with Gasteiger partial charge in [-0.15, -0.1) is 0 Å². The summed E-state index contributed by atoms with van der Waals surface area (Å²) in [5.74, 6) is 0.479. The number of carbonyl (C=O) groups is 2. The number of amides is 2. The fraction of sp³-hybridized carbons (Fsp3) is 0.333. The van der Waals surface area contributed by atoms with Crippen molar-refractivity contribution in [2.45, 2.75) is 52.1 Å². The third kappa shape index (κ3) is 8.61. The lowest BCUT2D eigenvalue weighted by Gasteiger charge is -2.31. The number of halogens is 2. The van der Waals surface area contributed by atoms with Crippen molar-refractivity contribution in [3.05, 3.63) is 99.0 Å². The quantitative estimate of drug-likeness (QED) is 0.255. The van der Waals surface area contributed by atoms with Crippen molar-refractivity contribution >= 4 is 39.3 Å². The van der Waals surface area contributed by atoms with Crippen molar-refractivity contribution in [3.8, 4) is 5.75 Å². The van der Waals surface area contributed by atoms with Gasteiger partial charge in [-0.2, -0.15) is 0 Å². The van der Waals surface area contributed by atoms with E-state index < -0.39 is 6.04 Å². The summed E-state index contributed by atoms with van der Waals surface area (Å²) in [6.45, 7) is 6.80. The van der Waals surface area contributed by atoms with E-state index in [9.17, 15) is 9.59 Å². The molecule has 2 amide bonds. The zero-order valence-electron chi connectivity index (χ0n) is 21.5. The van der Waals surface area contributed by atoms with E-state index in [1.165, 1.54) is 5.56 Å². The van der Waals surface area contributed by atoms with E-state index in [0.29, 0.717) is 29.7 Å². The standard InChI is InChI=1S/C30H34BrClN2O3/c1-4-15-33-30(36)27(17-22-9-6-5-7-10-22)34(19-23-11-8-12-25(32)16-23)29(35)20-37-28-14-13-24(21(2)3)18-26(28)31/h5-14,16,18,21,27H,4,15,17,19-20H2,1-3H3,(H,33,36). The predicted octanol–water partition coefficient (Wildman–Crippen LogP) is 6.77. The minimum absolute atomic E-state index is 0.191. The molecule has 1 atom stereocenters. The highest BCUT2D eigenvalue weighted by molar-refractivity contribution is 9.10. The predicted molar refractivity (Wildman–Crippen MR) is 153 cm³/mol. The van der Waals surface area contributed by atoms with E-state index in [1.54, 1.807) is 11.0 Å². The Morgan fingerprint density at radius 3 is 2.38 bits per heavy atom. The van der Waals surface area contributed by atoms with Gasteiger partial charge in [0, 0.05) is 24.5 Å². The molecule has 37 heavy (non-hydrogen) atoms. The molecule has 5 nitrogen and oxygen atoms in total. The Bertz CT molecular complexity index is 1190. The smallest absolute Gasteiger partial charge is 0.261 e. The molecule has 0 spiro atoms. The van der Waals surface area contributed by atoms with Gasteiger partial charge < -0.3 is 15.0 Å². The Morgan fingerprint density at radius 2 is 1.73 bits per heavy atom. The number of rotatable bonds is 12. The molecule has 0 aromatic heterocycles. The molecule has 3 rings (SSSR count). The van der Waals surface area contributed by atoms with Crippen LogP contribution in [0.25, 0.3) is 0 Å². The second kappa shape index (κ2) is 14.2. The van der Waals surface area contributed by atoms with Gasteiger partial charge in [-0.3, -0.25) is 9.59 Å². The average Bonchev–Trinajstić information content (AvgIpc) is 2.89. The van der Waals surface area contributed by atoms with Crippen molar-refractivity contribution in [2.24, 2.45) is 0 Å². The summed E-state index contributed by atoms with van der Waals surface area (Å²) < 4.78 is 6.73. The summed E-state index contributed by atoms with van der Waals surface area (Å²) >= 11 is 9.79. The monoisotopic (exact) mass is 584 g/mol. The van der Waals surface area contributed by atoms with Gasteiger partial charge in [0.1, 0.15) is 11.8 Å². The molecular weight excluding hydrogens is 552 g/mol. The molecule has 0 aliphatic rings. The number of carbonyl (C=O) groups excluding carboxylic acids is 2. The third-order valence-electron chi connectivity index (χ3n) is 6.04. The highest BCUT2D eigenvalue weighted by Crippen LogP contribution is 2.29. The molecule has 1 unspecified atom stereocenters. The van der Waals surface area contributed by atoms with E-state index in [1.807, 2.05) is 73.7 Å². The van der Waals surface area contributed by atoms with Gasteiger partial charge in [-0.1, -0.05) is 80.9 Å². The maximum Gasteiger partial charge on any atom is 0.261 e. The molecule has 3 aromatic carbocycles. The van der Waals surface area contributed by atoms with Crippen molar-refractivity contribution in [1.82, 2.24) is 10.2 Å². The highest BCUT2D eigenvalue weighted by Gasteiger charge is 2.30. The molecule has 0 heterocycles. The number of ether oxygens (including phenoxy) is 1. The van der Waals surface area contributed by atoms with Gasteiger partial charge in [-0.25, -0.2) is 0 Å². The van der Waals surface area contributed by atoms with Gasteiger partial charge >= 0.3 is 0 Å². The lowest BCUT2D eigenvalue weighted by atomic mass is 10.0. The summed E-state index contributed by atoms with van der Waals surface area (Å²) in [6, 6.07) is 22.2. The first kappa shape index (κ1) is 28.7. The molecule has 0 saturated heterocycles. The Labute approximate surface area is 233 Å². The largest absolute Gasteiger partial charge is 0.483 e. The van der Waals surface area contributed by atoms with E-state index >= 15 is 0 Å². The first-order valence-electron chi connectivity index (χ1n) is 12.6. The molecule has 0 bridgehead atoms. The summed E-state index contributed by atoms with van der Waals surface area (Å²) in [4.78, 5) is 28.6. The number of benzene rings is 3. The minimum atomic E-state index is -0.712. The highest BCUT2D eigenvalue weighted by atomic mass is 79.9. The van der Waals surface area contributed by atoms with Crippen molar-refractivity contribution in [2.75, 3.05) is 13.2 Å². The SMILES string of the molecule is CCCNC(=O)C(Cc1ccccc1)N(Cc1cccc(Cl)c1)C(=O)COc1ccc(C(C)C)cc1Br. The topological polar surface area (TPSA) is 58.6 Å². The van der Waals surface area contributed by atoms with E-state index in [-0.39, 0.29) is 25.0 Å². The molecule has 1 N–H and O–H groups in total. The average molecular weight is 586 g/mol. The molecule has 0 aliphatic carbocycles. The van der Waals surface area contributed by atoms with Crippen LogP contribution < -0.4 is 10.1 Å². The van der Waals surface area contributed by atoms with Gasteiger partial charge in [0.25, 0.3) is 5.91 Å². The molecule has 3 aromatic rings. The molecule has 7 heteroatoms. The van der Waals surface area contributed by atoms with E-state index in [2.05, 4.69) is 35.1 Å². The van der Waals surface area contributed by atoms with E-state index in [4.69, 9.17) is 16.3 Å². The van der Waals surface area contributed by atoms with Crippen molar-refractivity contribution < 1.29 is 14.3 Å². The molecule has 196 valence electrons. The van der Waals surface area contributed by atoms with Crippen LogP contribution in [-0.2, 0) is 22.6 Å². The van der Waals surface area contributed by atoms with Gasteiger partial charge in [0.15, 0.2) is 6.61 Å². The Morgan fingerprint density at radius 1 is 1.00 bits per heavy atom. The van der Waals surface area contributed by atoms with Gasteiger partial charge in [0.05, 0.1) is 4.47 Å². The van der Waals surface area contributed by atoms with Gasteiger partial charge in [-0.05, 0) is 69.2 Å². The van der Waals surface area contributed by atoms with Crippen LogP contribution in [0.2, 0.25) is 5.02 Å². The van der Waals surface area contributed by atoms with Crippen LogP contribution in [0.3, 0.4) is 0 Å². The second-order valence-electron chi connectivity index (χ2n) is 9.28. The molecule has 0 aliphatic heterocycles. The Balaban J connectivity index is 1.89. The maximum atomic E-state index is 13.7. The summed E-state index contributed by atoms with van der Waals surface area (Å²) in [6.07, 6.45) is 1.19. The van der Waals surface area contributed by atoms with Gasteiger partial charge in [0.2, 0.25) is 5.91 Å². The van der Waals surface area contributed by atoms with Crippen LogP contribution in [-0.4, -0.2) is 35.9 Å². The van der Waals surface area contributed by atoms with Crippen LogP contribution in [0.4, 0.5) is 0 Å². The summed E-state index contributed by atoms with van der Waals surface area (Å²) in [5, 5.41) is 3.55. The zero-order valence-corrected chi connectivity index (χ0v) is 23.9. The molecular formula is C30H34BrClN2O3. The molecule has 0 radical (unpaired) electrons. The Kier molecular flexibility index (Phi) is 11.0. The third-order valence-corrected chi connectivity index (χ3v) is 6.89. The van der Waals surface area contributed by atoms with Crippen LogP contribution in [0.15, 0.2) is 77.3 Å². The van der Waals surface area contributed by atoms with Crippen LogP contribution in [0.5, 0.6) is 5.75 Å². The fourth-order valence-electron chi connectivity index (χ4n) is 3.97. The molecule has 0 fully saturated rings. The first-order valence-corrected chi connectivity index (χ1v) is 13.7. The summed E-state index contributed by atoms with van der Waals surface area (Å²) in [5.41, 5.74) is 2.98. The van der Waals surface area contributed by atoms with E-state index in [0.717, 1.165) is 22.0 Å². The Hall–Kier alpha value is -2.83. The van der Waals surface area contributed by atoms with Crippen LogP contribution in [0.1, 0.15) is 49.8 Å². The number of nitrogens with one attached hydrogen (secondary N) is 1. The lowest BCUT2D eigenvalue weighted by molar-refractivity contribution is -0.142. The summed E-state index contributed by atoms with van der Waals surface area (Å²) in [7, 11) is 0.